The van der Waals surface area contributed by atoms with Crippen molar-refractivity contribution < 1.29 is 9.53 Å². The third kappa shape index (κ3) is 3.20. The van der Waals surface area contributed by atoms with E-state index < -0.39 is 5.97 Å². The number of aromatic amines is 1. The second kappa shape index (κ2) is 7.32. The molecule has 3 aromatic rings. The zero-order valence-corrected chi connectivity index (χ0v) is 17.3. The number of carbonyl (C=O) groups excluding carboxylic acids is 1. The highest BCUT2D eigenvalue weighted by Gasteiger charge is 2.46. The largest absolute Gasteiger partial charge is 0.459 e. The number of benzene rings is 1. The molecule has 5 rings (SSSR count). The fourth-order valence-electron chi connectivity index (χ4n) is 4.93. The first-order chi connectivity index (χ1) is 15.0. The average Bonchev–Trinajstić information content (AvgIpc) is 3.30. The SMILES string of the molecule is CC(=O)OCc1nc2c(C#N)[nH]nc2nc1N1CCC2(CC1)Cc1ccccc1[C@H]2N. The van der Waals surface area contributed by atoms with Crippen molar-refractivity contribution in [2.75, 3.05) is 18.0 Å². The Bertz CT molecular complexity index is 1200. The number of H-pyrrole nitrogens is 1. The highest BCUT2D eigenvalue weighted by Crippen LogP contribution is 2.51. The van der Waals surface area contributed by atoms with Gasteiger partial charge < -0.3 is 15.4 Å². The van der Waals surface area contributed by atoms with E-state index in [0.717, 1.165) is 32.4 Å². The quantitative estimate of drug-likeness (QED) is 0.619. The molecule has 1 fully saturated rings. The molecule has 0 radical (unpaired) electrons. The Labute approximate surface area is 179 Å². The number of hydrogen-bond acceptors (Lipinski definition) is 8. The van der Waals surface area contributed by atoms with Crippen LogP contribution in [0.25, 0.3) is 11.2 Å². The van der Waals surface area contributed by atoms with Crippen molar-refractivity contribution in [1.29, 1.82) is 5.26 Å². The van der Waals surface area contributed by atoms with Gasteiger partial charge in [0.15, 0.2) is 11.5 Å². The summed E-state index contributed by atoms with van der Waals surface area (Å²) in [4.78, 5) is 22.8. The number of aromatic nitrogens is 4. The Morgan fingerprint density at radius 3 is 2.84 bits per heavy atom. The van der Waals surface area contributed by atoms with Crippen molar-refractivity contribution >= 4 is 23.0 Å². The van der Waals surface area contributed by atoms with Crippen LogP contribution in [0.5, 0.6) is 0 Å². The zero-order valence-electron chi connectivity index (χ0n) is 17.3. The van der Waals surface area contributed by atoms with E-state index in [1.165, 1.54) is 18.1 Å². The molecule has 31 heavy (non-hydrogen) atoms. The van der Waals surface area contributed by atoms with Gasteiger partial charge in [-0.15, -0.1) is 0 Å². The smallest absolute Gasteiger partial charge is 0.303 e. The molecule has 158 valence electrons. The molecule has 1 aliphatic heterocycles. The maximum atomic E-state index is 11.4. The second-order valence-electron chi connectivity index (χ2n) is 8.36. The lowest BCUT2D eigenvalue weighted by molar-refractivity contribution is -0.142. The Hall–Kier alpha value is -3.51. The van der Waals surface area contributed by atoms with E-state index in [4.69, 9.17) is 10.5 Å². The molecule has 1 aliphatic carbocycles. The molecule has 1 saturated heterocycles. The van der Waals surface area contributed by atoms with E-state index in [9.17, 15) is 10.1 Å². The van der Waals surface area contributed by atoms with Gasteiger partial charge in [-0.25, -0.2) is 9.97 Å². The molecule has 0 amide bonds. The fourth-order valence-corrected chi connectivity index (χ4v) is 4.93. The maximum Gasteiger partial charge on any atom is 0.303 e. The zero-order chi connectivity index (χ0) is 21.6. The van der Waals surface area contributed by atoms with Gasteiger partial charge in [-0.1, -0.05) is 24.3 Å². The van der Waals surface area contributed by atoms with Crippen LogP contribution in [0.1, 0.15) is 48.3 Å². The van der Waals surface area contributed by atoms with Crippen molar-refractivity contribution in [1.82, 2.24) is 20.2 Å². The number of hydrogen-bond donors (Lipinski definition) is 2. The van der Waals surface area contributed by atoms with Crippen LogP contribution in [0, 0.1) is 16.7 Å². The van der Waals surface area contributed by atoms with Crippen LogP contribution in [0.15, 0.2) is 24.3 Å². The monoisotopic (exact) mass is 417 g/mol. The molecule has 2 aliphatic rings. The summed E-state index contributed by atoms with van der Waals surface area (Å²) in [7, 11) is 0. The third-order valence-corrected chi connectivity index (χ3v) is 6.61. The minimum Gasteiger partial charge on any atom is -0.459 e. The molecule has 1 atom stereocenters. The van der Waals surface area contributed by atoms with Crippen molar-refractivity contribution in [3.05, 3.63) is 46.8 Å². The molecule has 9 heteroatoms. The van der Waals surface area contributed by atoms with Crippen molar-refractivity contribution in [2.45, 2.75) is 38.8 Å². The van der Waals surface area contributed by atoms with Crippen molar-refractivity contribution in [3.63, 3.8) is 0 Å². The van der Waals surface area contributed by atoms with Crippen molar-refractivity contribution in [2.24, 2.45) is 11.1 Å². The normalized spacial score (nSPS) is 19.4. The topological polar surface area (TPSA) is 134 Å². The van der Waals surface area contributed by atoms with Crippen LogP contribution in [-0.4, -0.2) is 39.2 Å². The molecule has 1 aromatic carbocycles. The van der Waals surface area contributed by atoms with Gasteiger partial charge in [0.2, 0.25) is 5.65 Å². The van der Waals surface area contributed by atoms with Gasteiger partial charge in [0.1, 0.15) is 23.9 Å². The number of nitrogens with one attached hydrogen (secondary N) is 1. The van der Waals surface area contributed by atoms with Crippen LogP contribution >= 0.6 is 0 Å². The fraction of sp³-hybridized carbons (Fsp3) is 0.409. The van der Waals surface area contributed by atoms with E-state index in [0.29, 0.717) is 22.7 Å². The Morgan fingerprint density at radius 1 is 1.35 bits per heavy atom. The summed E-state index contributed by atoms with van der Waals surface area (Å²) in [5, 5.41) is 16.1. The molecule has 3 heterocycles. The van der Waals surface area contributed by atoms with Gasteiger partial charge in [-0.3, -0.25) is 9.89 Å². The molecule has 2 aromatic heterocycles. The van der Waals surface area contributed by atoms with Gasteiger partial charge in [0.05, 0.1) is 0 Å². The molecule has 9 nitrogen and oxygen atoms in total. The van der Waals surface area contributed by atoms with Crippen LogP contribution in [0.2, 0.25) is 0 Å². The first-order valence-corrected chi connectivity index (χ1v) is 10.4. The van der Waals surface area contributed by atoms with Crippen LogP contribution in [0.3, 0.4) is 0 Å². The lowest BCUT2D eigenvalue weighted by Crippen LogP contribution is -2.45. The highest BCUT2D eigenvalue weighted by atomic mass is 16.5. The number of carbonyl (C=O) groups is 1. The van der Waals surface area contributed by atoms with Crippen LogP contribution < -0.4 is 10.6 Å². The number of nitrogens with zero attached hydrogens (tertiary/aromatic N) is 5. The van der Waals surface area contributed by atoms with Gasteiger partial charge in [-0.2, -0.15) is 10.4 Å². The molecule has 0 saturated carbocycles. The molecule has 3 N–H and O–H groups in total. The minimum atomic E-state index is -0.396. The van der Waals surface area contributed by atoms with E-state index in [-0.39, 0.29) is 23.8 Å². The summed E-state index contributed by atoms with van der Waals surface area (Å²) in [6.45, 7) is 2.89. The van der Waals surface area contributed by atoms with E-state index in [1.54, 1.807) is 0 Å². The van der Waals surface area contributed by atoms with Gasteiger partial charge in [0.25, 0.3) is 0 Å². The number of nitriles is 1. The molecule has 1 spiro atoms. The third-order valence-electron chi connectivity index (χ3n) is 6.61. The van der Waals surface area contributed by atoms with Gasteiger partial charge >= 0.3 is 5.97 Å². The lowest BCUT2D eigenvalue weighted by atomic mass is 9.73. The van der Waals surface area contributed by atoms with Crippen molar-refractivity contribution in [3.8, 4) is 6.07 Å². The summed E-state index contributed by atoms with van der Waals surface area (Å²) in [5.74, 6) is 0.247. The molecular formula is C22H23N7O2. The number of piperidine rings is 1. The van der Waals surface area contributed by atoms with E-state index in [2.05, 4.69) is 49.3 Å². The summed E-state index contributed by atoms with van der Waals surface area (Å²) >= 11 is 0. The summed E-state index contributed by atoms with van der Waals surface area (Å²) in [6.07, 6.45) is 2.85. The first kappa shape index (κ1) is 19.5. The first-order valence-electron chi connectivity index (χ1n) is 10.4. The molecule has 0 unspecified atom stereocenters. The minimum absolute atomic E-state index is 0.00372. The highest BCUT2D eigenvalue weighted by molar-refractivity contribution is 5.78. The van der Waals surface area contributed by atoms with E-state index in [1.807, 2.05) is 6.07 Å². The number of nitrogens with two attached hydrogens (primary N) is 1. The number of rotatable bonds is 3. The summed E-state index contributed by atoms with van der Waals surface area (Å²) in [5.41, 5.74) is 10.9. The summed E-state index contributed by atoms with van der Waals surface area (Å²) in [6, 6.07) is 10.5. The predicted molar refractivity (Wildman–Crippen MR) is 113 cm³/mol. The van der Waals surface area contributed by atoms with Gasteiger partial charge in [-0.05, 0) is 35.8 Å². The number of esters is 1. The number of ether oxygens (including phenoxy) is 1. The Morgan fingerprint density at radius 2 is 2.13 bits per heavy atom. The second-order valence-corrected chi connectivity index (χ2v) is 8.36. The number of fused-ring (bicyclic) bond motifs is 2. The number of anilines is 1. The Kier molecular flexibility index (Phi) is 4.59. The lowest BCUT2D eigenvalue weighted by Gasteiger charge is -2.42. The standard InChI is InChI=1S/C22H23N7O2/c1-13(30)31-12-17-21(26-20-18(25-17)16(11-23)27-28-20)29-8-6-22(7-9-29)10-14-4-2-3-5-15(14)19(22)24/h2-5,19H,6-10,12,24H2,1H3,(H,26,27,28)/t19-/m1/s1. The van der Waals surface area contributed by atoms with E-state index >= 15 is 0 Å². The Balaban J connectivity index is 1.43. The molecular weight excluding hydrogens is 394 g/mol. The maximum absolute atomic E-state index is 11.4. The van der Waals surface area contributed by atoms with Gasteiger partial charge in [0, 0.05) is 26.1 Å². The average molecular weight is 417 g/mol. The van der Waals surface area contributed by atoms with Crippen LogP contribution in [0.4, 0.5) is 5.82 Å². The summed E-state index contributed by atoms with van der Waals surface area (Å²) < 4.78 is 5.21. The van der Waals surface area contributed by atoms with Crippen LogP contribution in [-0.2, 0) is 22.6 Å². The predicted octanol–water partition coefficient (Wildman–Crippen LogP) is 2.13. The molecule has 0 bridgehead atoms.